The lowest BCUT2D eigenvalue weighted by atomic mass is 9.78. The van der Waals surface area contributed by atoms with Crippen molar-refractivity contribution in [1.29, 1.82) is 0 Å². The summed E-state index contributed by atoms with van der Waals surface area (Å²) in [6.07, 6.45) is 6.60. The van der Waals surface area contributed by atoms with Gasteiger partial charge in [0.25, 0.3) is 0 Å². The zero-order chi connectivity index (χ0) is 35.3. The van der Waals surface area contributed by atoms with Gasteiger partial charge >= 0.3 is 0 Å². The van der Waals surface area contributed by atoms with E-state index >= 15 is 0 Å². The Kier molecular flexibility index (Phi) is 6.53. The van der Waals surface area contributed by atoms with Crippen LogP contribution in [0.3, 0.4) is 0 Å². The smallest absolute Gasteiger partial charge is 0.166 e. The molecule has 0 radical (unpaired) electrons. The average molecular weight is 698 g/mol. The predicted molar refractivity (Wildman–Crippen MR) is 222 cm³/mol. The molecule has 9 aromatic rings. The Morgan fingerprint density at radius 3 is 1.69 bits per heavy atom. The first-order chi connectivity index (χ1) is 26.8. The highest BCUT2D eigenvalue weighted by Crippen LogP contribution is 2.53. The van der Waals surface area contributed by atoms with Crippen LogP contribution >= 0.6 is 0 Å². The first-order valence-electron chi connectivity index (χ1n) is 19.6. The molecular formula is C49H39N5. The van der Waals surface area contributed by atoms with Crippen molar-refractivity contribution in [3.8, 4) is 34.2 Å². The average Bonchev–Trinajstić information content (AvgIpc) is 3.84. The van der Waals surface area contributed by atoms with E-state index in [1.54, 1.807) is 0 Å². The minimum Gasteiger partial charge on any atom is -0.365 e. The normalized spacial score (nSPS) is 20.6. The number of aromatic nitrogens is 4. The lowest BCUT2D eigenvalue weighted by Crippen LogP contribution is -2.47. The van der Waals surface area contributed by atoms with Crippen LogP contribution in [0, 0.1) is 11.8 Å². The van der Waals surface area contributed by atoms with E-state index in [-0.39, 0.29) is 0 Å². The van der Waals surface area contributed by atoms with Crippen molar-refractivity contribution in [2.75, 3.05) is 4.90 Å². The quantitative estimate of drug-likeness (QED) is 0.180. The van der Waals surface area contributed by atoms with Gasteiger partial charge in [0.2, 0.25) is 0 Å². The van der Waals surface area contributed by atoms with E-state index < -0.39 is 0 Å². The maximum atomic E-state index is 5.59. The Morgan fingerprint density at radius 1 is 0.426 bits per heavy atom. The fraction of sp³-hybridized carbons (Fsp3) is 0.184. The van der Waals surface area contributed by atoms with Gasteiger partial charge in [-0.25, -0.2) is 9.97 Å². The van der Waals surface area contributed by atoms with Gasteiger partial charge in [0.05, 0.1) is 22.1 Å². The van der Waals surface area contributed by atoms with E-state index in [0.717, 1.165) is 56.9 Å². The standard InChI is InChI=1S/C49H39N5/c1-2-12-31(13-3-1)33-23-25-46-41(29-33)39-16-6-10-20-44(39)54(46)48-30-47(53-42-18-8-4-14-37(42)38-15-5-9-19-43(38)53)50-49(51-48)40-17-7-11-21-45(40)52-35-24-22-32-26-36(52)28-34(32)27-35/h1-21,23,25,29-30,32,34-36H,22,24,26-28H2. The number of benzene rings is 6. The molecule has 4 unspecified atom stereocenters. The molecule has 1 saturated heterocycles. The highest BCUT2D eigenvalue weighted by Gasteiger charge is 2.49. The van der Waals surface area contributed by atoms with E-state index in [1.165, 1.54) is 70.5 Å². The van der Waals surface area contributed by atoms with Crippen molar-refractivity contribution >= 4 is 49.3 Å². The summed E-state index contributed by atoms with van der Waals surface area (Å²) in [6, 6.07) is 56.1. The molecule has 12 rings (SSSR count). The molecule has 5 heteroatoms. The number of anilines is 1. The number of hydrogen-bond acceptors (Lipinski definition) is 3. The Morgan fingerprint density at radius 2 is 0.981 bits per heavy atom. The molecule has 260 valence electrons. The van der Waals surface area contributed by atoms with Gasteiger partial charge in [-0.15, -0.1) is 0 Å². The summed E-state index contributed by atoms with van der Waals surface area (Å²) in [5.41, 5.74) is 9.37. The predicted octanol–water partition coefficient (Wildman–Crippen LogP) is 11.8. The maximum absolute atomic E-state index is 5.59. The molecule has 0 spiro atoms. The summed E-state index contributed by atoms with van der Waals surface area (Å²) in [7, 11) is 0. The number of piperidine rings is 1. The van der Waals surface area contributed by atoms with Gasteiger partial charge in [0, 0.05) is 50.9 Å². The van der Waals surface area contributed by atoms with Crippen LogP contribution in [0.5, 0.6) is 0 Å². The molecule has 54 heavy (non-hydrogen) atoms. The van der Waals surface area contributed by atoms with E-state index in [2.05, 4.69) is 166 Å². The lowest BCUT2D eigenvalue weighted by Gasteiger charge is -2.45. The van der Waals surface area contributed by atoms with Gasteiger partial charge in [-0.3, -0.25) is 9.13 Å². The third-order valence-corrected chi connectivity index (χ3v) is 13.0. The number of fused-ring (bicyclic) bond motifs is 8. The van der Waals surface area contributed by atoms with Gasteiger partial charge in [-0.1, -0.05) is 103 Å². The van der Waals surface area contributed by atoms with E-state index in [9.17, 15) is 0 Å². The van der Waals surface area contributed by atoms with Crippen LogP contribution in [0.25, 0.3) is 77.8 Å². The fourth-order valence-corrected chi connectivity index (χ4v) is 10.7. The van der Waals surface area contributed by atoms with Gasteiger partial charge in [0.15, 0.2) is 5.82 Å². The molecule has 0 N–H and O–H groups in total. The topological polar surface area (TPSA) is 38.9 Å². The zero-order valence-electron chi connectivity index (χ0n) is 30.0. The summed E-state index contributed by atoms with van der Waals surface area (Å²) in [6.45, 7) is 0. The monoisotopic (exact) mass is 697 g/mol. The van der Waals surface area contributed by atoms with Crippen LogP contribution in [0.2, 0.25) is 0 Å². The fourth-order valence-electron chi connectivity index (χ4n) is 10.7. The molecule has 4 atom stereocenters. The molecule has 0 amide bonds. The molecule has 2 saturated carbocycles. The van der Waals surface area contributed by atoms with Crippen LogP contribution in [-0.4, -0.2) is 31.2 Å². The van der Waals surface area contributed by atoms with Gasteiger partial charge in [-0.05, 0) is 97.5 Å². The van der Waals surface area contributed by atoms with Crippen molar-refractivity contribution in [2.24, 2.45) is 11.8 Å². The molecule has 1 aliphatic heterocycles. The van der Waals surface area contributed by atoms with Crippen molar-refractivity contribution in [2.45, 2.75) is 44.2 Å². The highest BCUT2D eigenvalue weighted by molar-refractivity contribution is 6.11. The first kappa shape index (κ1) is 30.3. The molecule has 3 aliphatic rings. The maximum Gasteiger partial charge on any atom is 0.166 e. The first-order valence-corrected chi connectivity index (χ1v) is 19.6. The Balaban J connectivity index is 1.14. The number of para-hydroxylation sites is 4. The van der Waals surface area contributed by atoms with Crippen LogP contribution in [0.1, 0.15) is 32.1 Å². The minimum atomic E-state index is 0.588. The zero-order valence-corrected chi connectivity index (χ0v) is 30.0. The molecular weight excluding hydrogens is 659 g/mol. The summed E-state index contributed by atoms with van der Waals surface area (Å²) in [4.78, 5) is 13.9. The van der Waals surface area contributed by atoms with Crippen LogP contribution < -0.4 is 4.90 Å². The Hall–Kier alpha value is -6.20. The van der Waals surface area contributed by atoms with E-state index in [0.29, 0.717) is 12.1 Å². The summed E-state index contributed by atoms with van der Waals surface area (Å²) < 4.78 is 4.70. The highest BCUT2D eigenvalue weighted by atomic mass is 15.2. The number of nitrogens with zero attached hydrogens (tertiary/aromatic N) is 5. The van der Waals surface area contributed by atoms with E-state index in [1.807, 2.05) is 0 Å². The largest absolute Gasteiger partial charge is 0.365 e. The second-order valence-corrected chi connectivity index (χ2v) is 15.8. The van der Waals surface area contributed by atoms with Crippen molar-refractivity contribution in [3.63, 3.8) is 0 Å². The molecule has 4 heterocycles. The second-order valence-electron chi connectivity index (χ2n) is 15.8. The van der Waals surface area contributed by atoms with Crippen molar-refractivity contribution < 1.29 is 0 Å². The van der Waals surface area contributed by atoms with Crippen LogP contribution in [0.4, 0.5) is 5.69 Å². The van der Waals surface area contributed by atoms with Gasteiger partial charge in [0.1, 0.15) is 11.6 Å². The van der Waals surface area contributed by atoms with Crippen LogP contribution in [-0.2, 0) is 0 Å². The summed E-state index contributed by atoms with van der Waals surface area (Å²) in [5.74, 6) is 4.29. The molecule has 2 aliphatic carbocycles. The summed E-state index contributed by atoms with van der Waals surface area (Å²) >= 11 is 0. The lowest BCUT2D eigenvalue weighted by molar-refractivity contribution is 0.234. The third kappa shape index (κ3) is 4.45. The van der Waals surface area contributed by atoms with Gasteiger partial charge in [-0.2, -0.15) is 0 Å². The van der Waals surface area contributed by atoms with Crippen molar-refractivity contribution in [3.05, 3.63) is 152 Å². The molecule has 3 bridgehead atoms. The van der Waals surface area contributed by atoms with E-state index in [4.69, 9.17) is 9.97 Å². The SMILES string of the molecule is c1ccc(-c2ccc3c(c2)c2ccccc2n3-c2cc(-n3c4ccccc4c4ccccc43)nc(-c3ccccc3N3C4CCC5CC3CC5C4)n2)cc1. The van der Waals surface area contributed by atoms with Crippen molar-refractivity contribution in [1.82, 2.24) is 19.1 Å². The second kappa shape index (κ2) is 11.6. The number of rotatable bonds is 5. The molecule has 3 fully saturated rings. The molecule has 6 aromatic carbocycles. The third-order valence-electron chi connectivity index (χ3n) is 13.0. The number of hydrogen-bond donors (Lipinski definition) is 0. The summed E-state index contributed by atoms with van der Waals surface area (Å²) in [5, 5.41) is 4.87. The molecule has 5 nitrogen and oxygen atoms in total. The van der Waals surface area contributed by atoms with Crippen LogP contribution in [0.15, 0.2) is 152 Å². The Labute approximate surface area is 314 Å². The molecule has 3 aromatic heterocycles. The Bertz CT molecular complexity index is 2860. The van der Waals surface area contributed by atoms with Gasteiger partial charge < -0.3 is 4.90 Å². The minimum absolute atomic E-state index is 0.588.